The second kappa shape index (κ2) is 6.87. The zero-order valence-electron chi connectivity index (χ0n) is 11.9. The first-order valence-corrected chi connectivity index (χ1v) is 9.24. The van der Waals surface area contributed by atoms with E-state index >= 15 is 0 Å². The van der Waals surface area contributed by atoms with Crippen LogP contribution in [-0.2, 0) is 22.3 Å². The Bertz CT molecular complexity index is 699. The van der Waals surface area contributed by atoms with Crippen molar-refractivity contribution in [2.45, 2.75) is 24.1 Å². The fraction of sp³-hybridized carbons (Fsp3) is 0.357. The van der Waals surface area contributed by atoms with Crippen molar-refractivity contribution in [3.63, 3.8) is 0 Å². The van der Waals surface area contributed by atoms with Crippen LogP contribution < -0.4 is 0 Å². The Labute approximate surface area is 134 Å². The predicted octanol–water partition coefficient (Wildman–Crippen LogP) is 3.05. The van der Waals surface area contributed by atoms with Crippen molar-refractivity contribution in [1.29, 1.82) is 0 Å². The number of rotatable bonds is 6. The first-order valence-electron chi connectivity index (χ1n) is 6.45. The highest BCUT2D eigenvalue weighted by atomic mass is 35.5. The minimum Gasteiger partial charge on any atom is -0.265 e. The van der Waals surface area contributed by atoms with E-state index in [2.05, 4.69) is 4.98 Å². The van der Waals surface area contributed by atoms with Crippen LogP contribution in [0.25, 0.3) is 0 Å². The van der Waals surface area contributed by atoms with E-state index in [1.54, 1.807) is 25.5 Å². The number of likely N-dealkylation sites (N-methyl/N-ethyl adjacent to an activating group) is 1. The summed E-state index contributed by atoms with van der Waals surface area (Å²) in [6.07, 6.45) is 4.07. The molecular weight excluding hydrogens is 328 g/mol. The van der Waals surface area contributed by atoms with E-state index in [-0.39, 0.29) is 0 Å². The normalized spacial score (nSPS) is 12.0. The summed E-state index contributed by atoms with van der Waals surface area (Å²) in [5.41, 5.74) is 1.07. The molecule has 0 amide bonds. The third kappa shape index (κ3) is 3.83. The number of alkyl halides is 1. The molecule has 0 atom stereocenters. The number of halogens is 1. The first kappa shape index (κ1) is 16.4. The SMILES string of the molecule is Cc1sc(CCl)cc1S(=O)(=O)N(C)CCc1ccncc1. The van der Waals surface area contributed by atoms with Gasteiger partial charge in [-0.1, -0.05) is 0 Å². The molecule has 0 aromatic carbocycles. The maximum atomic E-state index is 12.6. The quantitative estimate of drug-likeness (QED) is 0.757. The van der Waals surface area contributed by atoms with E-state index in [9.17, 15) is 8.42 Å². The van der Waals surface area contributed by atoms with Crippen molar-refractivity contribution in [3.05, 3.63) is 45.9 Å². The van der Waals surface area contributed by atoms with Gasteiger partial charge in [-0.3, -0.25) is 4.98 Å². The average molecular weight is 345 g/mol. The standard InChI is InChI=1S/C14H17ClN2O2S2/c1-11-14(9-13(10-15)20-11)21(18,19)17(2)8-5-12-3-6-16-7-4-12/h3-4,6-7,9H,5,8,10H2,1-2H3. The van der Waals surface area contributed by atoms with E-state index in [0.29, 0.717) is 23.7 Å². The van der Waals surface area contributed by atoms with Crippen molar-refractivity contribution in [3.8, 4) is 0 Å². The molecule has 2 heterocycles. The van der Waals surface area contributed by atoms with Crippen LogP contribution in [0.5, 0.6) is 0 Å². The van der Waals surface area contributed by atoms with Crippen LogP contribution >= 0.6 is 22.9 Å². The number of aryl methyl sites for hydroxylation is 1. The molecule has 0 aliphatic carbocycles. The summed E-state index contributed by atoms with van der Waals surface area (Å²) in [4.78, 5) is 5.96. The highest BCUT2D eigenvalue weighted by Crippen LogP contribution is 2.28. The molecule has 0 saturated heterocycles. The topological polar surface area (TPSA) is 50.3 Å². The number of aromatic nitrogens is 1. The third-order valence-electron chi connectivity index (χ3n) is 3.21. The maximum Gasteiger partial charge on any atom is 0.243 e. The Morgan fingerprint density at radius 3 is 2.57 bits per heavy atom. The molecule has 0 radical (unpaired) electrons. The molecular formula is C14H17ClN2O2S2. The van der Waals surface area contributed by atoms with E-state index in [4.69, 9.17) is 11.6 Å². The zero-order valence-corrected chi connectivity index (χ0v) is 14.3. The first-order chi connectivity index (χ1) is 9.95. The van der Waals surface area contributed by atoms with E-state index < -0.39 is 10.0 Å². The summed E-state index contributed by atoms with van der Waals surface area (Å²) in [5.74, 6) is 0.335. The highest BCUT2D eigenvalue weighted by Gasteiger charge is 2.24. The van der Waals surface area contributed by atoms with Crippen LogP contribution in [0.15, 0.2) is 35.5 Å². The molecule has 0 saturated carbocycles. The smallest absolute Gasteiger partial charge is 0.243 e. The van der Waals surface area contributed by atoms with Crippen molar-refractivity contribution >= 4 is 33.0 Å². The fourth-order valence-electron chi connectivity index (χ4n) is 1.97. The number of hydrogen-bond acceptors (Lipinski definition) is 4. The Kier molecular flexibility index (Phi) is 5.37. The van der Waals surface area contributed by atoms with Gasteiger partial charge in [-0.2, -0.15) is 0 Å². The van der Waals surface area contributed by atoms with Gasteiger partial charge >= 0.3 is 0 Å². The lowest BCUT2D eigenvalue weighted by atomic mass is 10.2. The zero-order chi connectivity index (χ0) is 15.5. The second-order valence-electron chi connectivity index (χ2n) is 4.70. The molecule has 2 aromatic heterocycles. The molecule has 0 unspecified atom stereocenters. The summed E-state index contributed by atoms with van der Waals surface area (Å²) in [5, 5.41) is 0. The predicted molar refractivity (Wildman–Crippen MR) is 86.4 cm³/mol. The Morgan fingerprint density at radius 1 is 1.33 bits per heavy atom. The summed E-state index contributed by atoms with van der Waals surface area (Å²) in [6, 6.07) is 5.45. The number of nitrogens with zero attached hydrogens (tertiary/aromatic N) is 2. The van der Waals surface area contributed by atoms with Crippen molar-refractivity contribution in [2.24, 2.45) is 0 Å². The monoisotopic (exact) mass is 344 g/mol. The van der Waals surface area contributed by atoms with Crippen LogP contribution in [0.3, 0.4) is 0 Å². The Morgan fingerprint density at radius 2 is 2.00 bits per heavy atom. The van der Waals surface area contributed by atoms with Crippen LogP contribution in [0.4, 0.5) is 0 Å². The van der Waals surface area contributed by atoms with Crippen molar-refractivity contribution in [1.82, 2.24) is 9.29 Å². The highest BCUT2D eigenvalue weighted by molar-refractivity contribution is 7.89. The lowest BCUT2D eigenvalue weighted by Crippen LogP contribution is -2.29. The molecule has 0 aliphatic rings. The minimum atomic E-state index is -3.46. The van der Waals surface area contributed by atoms with Gasteiger partial charge < -0.3 is 0 Å². The molecule has 114 valence electrons. The molecule has 4 nitrogen and oxygen atoms in total. The Hall–Kier alpha value is -0.950. The van der Waals surface area contributed by atoms with Gasteiger partial charge in [-0.25, -0.2) is 12.7 Å². The van der Waals surface area contributed by atoms with Crippen molar-refractivity contribution in [2.75, 3.05) is 13.6 Å². The third-order valence-corrected chi connectivity index (χ3v) is 6.82. The Balaban J connectivity index is 2.13. The van der Waals surface area contributed by atoms with E-state index in [1.165, 1.54) is 15.6 Å². The molecule has 21 heavy (non-hydrogen) atoms. The summed E-state index contributed by atoms with van der Waals surface area (Å²) in [7, 11) is -1.85. The largest absolute Gasteiger partial charge is 0.265 e. The van der Waals surface area contributed by atoms with Gasteiger partial charge in [-0.05, 0) is 37.1 Å². The molecule has 0 spiro atoms. The number of sulfonamides is 1. The van der Waals surface area contributed by atoms with Crippen LogP contribution in [0, 0.1) is 6.92 Å². The second-order valence-corrected chi connectivity index (χ2v) is 8.32. The summed E-state index contributed by atoms with van der Waals surface area (Å²) >= 11 is 7.21. The number of hydrogen-bond donors (Lipinski definition) is 0. The summed E-state index contributed by atoms with van der Waals surface area (Å²) in [6.45, 7) is 2.24. The van der Waals surface area contributed by atoms with Gasteiger partial charge in [0.15, 0.2) is 0 Å². The average Bonchev–Trinajstić information content (AvgIpc) is 2.87. The van der Waals surface area contributed by atoms with Gasteiger partial charge in [0.05, 0.1) is 10.8 Å². The molecule has 0 bridgehead atoms. The van der Waals surface area contributed by atoms with Crippen LogP contribution in [-0.4, -0.2) is 31.3 Å². The molecule has 7 heteroatoms. The lowest BCUT2D eigenvalue weighted by Gasteiger charge is -2.17. The van der Waals surface area contributed by atoms with Gasteiger partial charge in [0.25, 0.3) is 0 Å². The van der Waals surface area contributed by atoms with Crippen LogP contribution in [0.1, 0.15) is 15.3 Å². The van der Waals surface area contributed by atoms with E-state index in [1.807, 2.05) is 19.1 Å². The summed E-state index contributed by atoms with van der Waals surface area (Å²) < 4.78 is 26.6. The minimum absolute atomic E-state index is 0.335. The van der Waals surface area contributed by atoms with Gasteiger partial charge in [0.2, 0.25) is 10.0 Å². The van der Waals surface area contributed by atoms with E-state index in [0.717, 1.165) is 15.3 Å². The maximum absolute atomic E-state index is 12.6. The van der Waals surface area contributed by atoms with Crippen LogP contribution in [0.2, 0.25) is 0 Å². The van der Waals surface area contributed by atoms with Gasteiger partial charge in [-0.15, -0.1) is 22.9 Å². The van der Waals surface area contributed by atoms with Crippen molar-refractivity contribution < 1.29 is 8.42 Å². The molecule has 0 fully saturated rings. The lowest BCUT2D eigenvalue weighted by molar-refractivity contribution is 0.472. The molecule has 0 aliphatic heterocycles. The van der Waals surface area contributed by atoms with Gasteiger partial charge in [0.1, 0.15) is 0 Å². The molecule has 2 rings (SSSR count). The number of pyridine rings is 1. The number of thiophene rings is 1. The molecule has 2 aromatic rings. The van der Waals surface area contributed by atoms with Gasteiger partial charge in [0, 0.05) is 35.7 Å². The molecule has 0 N–H and O–H groups in total. The fourth-order valence-corrected chi connectivity index (χ4v) is 4.83.